The second-order valence-corrected chi connectivity index (χ2v) is 18.6. The van der Waals surface area contributed by atoms with Crippen LogP contribution in [-0.2, 0) is 22.4 Å². The van der Waals surface area contributed by atoms with E-state index in [-0.39, 0.29) is 34.8 Å². The fraction of sp³-hybridized carbons (Fsp3) is 0.900. The molecule has 100 valence electrons. The van der Waals surface area contributed by atoms with Crippen LogP contribution in [-0.4, -0.2) is 48.1 Å². The normalized spacial score (nSPS) is 10.8. The largest absolute Gasteiger partial charge is 1.00 e. The molecule has 5 heteroatoms. The molecule has 0 saturated heterocycles. The zero-order valence-corrected chi connectivity index (χ0v) is 17.4. The first kappa shape index (κ1) is 25.8. The molecule has 0 rings (SSSR count). The van der Waals surface area contributed by atoms with Crippen molar-refractivity contribution >= 4 is 23.3 Å². The van der Waals surface area contributed by atoms with Crippen molar-refractivity contribution < 1.29 is 34.8 Å². The van der Waals surface area contributed by atoms with Gasteiger partial charge in [0.05, 0.1) is 0 Å². The van der Waals surface area contributed by atoms with Gasteiger partial charge in [0.25, 0.3) is 0 Å². The zero-order valence-electron chi connectivity index (χ0n) is 11.7. The van der Waals surface area contributed by atoms with Crippen LogP contribution < -0.4 is 12.4 Å². The van der Waals surface area contributed by atoms with Gasteiger partial charge in [0.1, 0.15) is 0 Å². The van der Waals surface area contributed by atoms with Crippen LogP contribution in [0.4, 0.5) is 0 Å². The molecule has 0 aliphatic rings. The van der Waals surface area contributed by atoms with Gasteiger partial charge in [-0.15, -0.1) is 15.2 Å². The summed E-state index contributed by atoms with van der Waals surface area (Å²) >= 11 is 0. The minimum Gasteiger partial charge on any atom is -1.00 e. The fourth-order valence-corrected chi connectivity index (χ4v) is 10.5. The summed E-state index contributed by atoms with van der Waals surface area (Å²) in [5, 5.41) is 0. The van der Waals surface area contributed by atoms with E-state index in [1.54, 1.807) is 0 Å². The van der Waals surface area contributed by atoms with E-state index in [2.05, 4.69) is 65.4 Å². The molecular weight excluding hydrogens is 443 g/mol. The minimum absolute atomic E-state index is 0. The summed E-state index contributed by atoms with van der Waals surface area (Å²) in [7, 11) is -1.09. The minimum atomic E-state index is -0.868. The molecule has 0 aliphatic carbocycles. The third-order valence-electron chi connectivity index (χ3n) is 0.775. The molecule has 0 aromatic heterocycles. The Morgan fingerprint density at radius 2 is 1.13 bits per heavy atom. The molecule has 0 saturated carbocycles. The van der Waals surface area contributed by atoms with E-state index in [0.717, 1.165) is 0 Å². The van der Waals surface area contributed by atoms with E-state index in [4.69, 9.17) is 0 Å². The van der Waals surface area contributed by atoms with Crippen LogP contribution in [0.2, 0.25) is 19.6 Å². The predicted octanol–water partition coefficient (Wildman–Crippen LogP) is 1.29. The van der Waals surface area contributed by atoms with Gasteiger partial charge in [-0.05, 0) is 20.0 Å². The van der Waals surface area contributed by atoms with E-state index in [1.165, 1.54) is 0 Å². The third-order valence-corrected chi connectivity index (χ3v) is 6.97. The van der Waals surface area contributed by atoms with Crippen LogP contribution in [0.3, 0.4) is 0 Å². The van der Waals surface area contributed by atoms with Gasteiger partial charge in [0.2, 0.25) is 0 Å². The predicted molar refractivity (Wildman–Crippen MR) is 77.0 cm³/mol. The van der Waals surface area contributed by atoms with Crippen molar-refractivity contribution in [1.82, 2.24) is 0 Å². The summed E-state index contributed by atoms with van der Waals surface area (Å²) in [6.07, 6.45) is 0. The Hall–Kier alpha value is 2.11. The molecule has 0 atom stereocenters. The van der Waals surface area contributed by atoms with Crippen molar-refractivity contribution in [2.45, 2.75) is 19.6 Å². The number of hydrogen-bond donors (Lipinski definition) is 0. The van der Waals surface area contributed by atoms with Crippen molar-refractivity contribution in [3.63, 3.8) is 0 Å². The molecule has 0 bridgehead atoms. The Labute approximate surface area is 123 Å². The molecular formula is C10H28AuClP2Si. The standard InChI is InChI=1S/C7H19PSi.C3H9P.Au.ClH/c1-8(2,3)7-9(4,5)6;1-4(2)3;;/h7H,1-6H3;1-3H3;;1H/q;;+1;/p-1. The van der Waals surface area contributed by atoms with Gasteiger partial charge >= 0.3 is 22.4 Å². The first-order chi connectivity index (χ1) is 5.44. The maximum Gasteiger partial charge on any atom is 1.00 e. The second kappa shape index (κ2) is 11.2. The molecule has 0 aromatic rings. The fourth-order valence-electron chi connectivity index (χ4n) is 1.16. The molecule has 0 amide bonds. The van der Waals surface area contributed by atoms with Crippen LogP contribution in [0.15, 0.2) is 0 Å². The summed E-state index contributed by atoms with van der Waals surface area (Å²) in [5.74, 6) is 2.62. The van der Waals surface area contributed by atoms with Crippen molar-refractivity contribution in [2.75, 3.05) is 40.0 Å². The molecule has 0 fully saturated rings. The van der Waals surface area contributed by atoms with E-state index in [0.29, 0.717) is 7.92 Å². The molecule has 0 aromatic carbocycles. The van der Waals surface area contributed by atoms with Crippen LogP contribution in [0.5, 0.6) is 0 Å². The Morgan fingerprint density at radius 1 is 0.933 bits per heavy atom. The van der Waals surface area contributed by atoms with E-state index in [9.17, 15) is 0 Å². The third kappa shape index (κ3) is 48.8. The molecule has 0 heterocycles. The number of rotatable bonds is 2. The summed E-state index contributed by atoms with van der Waals surface area (Å²) < 4.78 is 0. The van der Waals surface area contributed by atoms with Gasteiger partial charge < -0.3 is 12.4 Å². The van der Waals surface area contributed by atoms with Gasteiger partial charge in [-0.1, -0.05) is 27.7 Å². The Morgan fingerprint density at radius 3 is 1.13 bits per heavy atom. The number of hydrogen-bond acceptors (Lipinski definition) is 0. The zero-order chi connectivity index (χ0) is 11.3. The van der Waals surface area contributed by atoms with Crippen molar-refractivity contribution in [2.24, 2.45) is 0 Å². The first-order valence-electron chi connectivity index (χ1n) is 4.73. The van der Waals surface area contributed by atoms with Crippen molar-refractivity contribution in [3.05, 3.63) is 5.79 Å². The molecule has 0 N–H and O–H groups in total. The summed E-state index contributed by atoms with van der Waals surface area (Å²) in [4.78, 5) is 0. The first-order valence-corrected chi connectivity index (χ1v) is 14.2. The molecule has 0 nitrogen and oxygen atoms in total. The smallest absolute Gasteiger partial charge is 1.00 e. The SMILES string of the molecule is CP(C)C.C[Si](C)(C)[CH-][P+](C)(C)C.[Au+].[Cl-]. The van der Waals surface area contributed by atoms with E-state index < -0.39 is 15.3 Å². The molecule has 0 radical (unpaired) electrons. The van der Waals surface area contributed by atoms with Crippen LogP contribution in [0.25, 0.3) is 0 Å². The average molecular weight is 471 g/mol. The van der Waals surface area contributed by atoms with Crippen molar-refractivity contribution in [1.29, 1.82) is 0 Å². The maximum absolute atomic E-state index is 2.62. The molecule has 15 heavy (non-hydrogen) atoms. The Balaban J connectivity index is -0.0000000883. The maximum atomic E-state index is 2.62. The average Bonchev–Trinajstić information content (AvgIpc) is 1.47. The summed E-state index contributed by atoms with van der Waals surface area (Å²) in [5.41, 5.74) is 0. The van der Waals surface area contributed by atoms with Crippen molar-refractivity contribution in [3.8, 4) is 0 Å². The van der Waals surface area contributed by atoms with Gasteiger partial charge in [-0.3, -0.25) is 0 Å². The summed E-state index contributed by atoms with van der Waals surface area (Å²) in [6, 6.07) is 0. The molecule has 0 aliphatic heterocycles. The van der Waals surface area contributed by atoms with Gasteiger partial charge in [-0.2, -0.15) is 5.79 Å². The Kier molecular flexibility index (Phi) is 19.3. The van der Waals surface area contributed by atoms with Gasteiger partial charge in [0, 0.05) is 20.0 Å². The van der Waals surface area contributed by atoms with E-state index in [1.807, 2.05) is 0 Å². The van der Waals surface area contributed by atoms with E-state index >= 15 is 0 Å². The quantitative estimate of drug-likeness (QED) is 0.324. The topological polar surface area (TPSA) is 0 Å². The Bertz CT molecular complexity index is 116. The molecule has 0 unspecified atom stereocenters. The van der Waals surface area contributed by atoms with Gasteiger partial charge in [0.15, 0.2) is 0 Å². The summed E-state index contributed by atoms with van der Waals surface area (Å²) in [6.45, 7) is 21.0. The second-order valence-electron chi connectivity index (χ2n) is 5.95. The monoisotopic (exact) mass is 470 g/mol. The van der Waals surface area contributed by atoms with Crippen LogP contribution >= 0.6 is 15.2 Å². The van der Waals surface area contributed by atoms with Gasteiger partial charge in [-0.25, -0.2) is 0 Å². The van der Waals surface area contributed by atoms with Crippen LogP contribution in [0, 0.1) is 5.79 Å². The molecule has 0 spiro atoms. The van der Waals surface area contributed by atoms with Crippen LogP contribution in [0.1, 0.15) is 0 Å². The number of halogens is 1.